The van der Waals surface area contributed by atoms with Gasteiger partial charge in [-0.3, -0.25) is 9.79 Å². The molecule has 154 valence electrons. The molecule has 7 heteroatoms. The SMILES string of the molecule is CCN(CC)C(=O)c1ccc(CNC(=NC)NCc2ccc3c(c2)OCO3)cc1. The van der Waals surface area contributed by atoms with Crippen LogP contribution < -0.4 is 20.1 Å². The highest BCUT2D eigenvalue weighted by Crippen LogP contribution is 2.32. The van der Waals surface area contributed by atoms with Crippen LogP contribution >= 0.6 is 0 Å². The Morgan fingerprint density at radius 2 is 1.59 bits per heavy atom. The van der Waals surface area contributed by atoms with E-state index in [9.17, 15) is 4.79 Å². The first-order chi connectivity index (χ1) is 14.1. The number of ether oxygens (including phenoxy) is 2. The summed E-state index contributed by atoms with van der Waals surface area (Å²) in [7, 11) is 1.74. The van der Waals surface area contributed by atoms with E-state index in [4.69, 9.17) is 9.47 Å². The van der Waals surface area contributed by atoms with Gasteiger partial charge in [-0.25, -0.2) is 0 Å². The lowest BCUT2D eigenvalue weighted by molar-refractivity contribution is 0.0773. The molecule has 0 saturated carbocycles. The Hall–Kier alpha value is -3.22. The van der Waals surface area contributed by atoms with Crippen molar-refractivity contribution in [2.75, 3.05) is 26.9 Å². The molecule has 1 heterocycles. The second-order valence-electron chi connectivity index (χ2n) is 6.64. The van der Waals surface area contributed by atoms with Crippen molar-refractivity contribution in [3.8, 4) is 11.5 Å². The molecule has 2 aromatic rings. The third-order valence-electron chi connectivity index (χ3n) is 4.83. The van der Waals surface area contributed by atoms with Crippen LogP contribution in [0.4, 0.5) is 0 Å². The first-order valence-corrected chi connectivity index (χ1v) is 9.85. The second-order valence-corrected chi connectivity index (χ2v) is 6.64. The molecule has 0 bridgehead atoms. The van der Waals surface area contributed by atoms with Crippen LogP contribution in [-0.4, -0.2) is 43.7 Å². The Morgan fingerprint density at radius 1 is 0.966 bits per heavy atom. The highest BCUT2D eigenvalue weighted by molar-refractivity contribution is 5.94. The molecule has 0 spiro atoms. The van der Waals surface area contributed by atoms with Gasteiger partial charge >= 0.3 is 0 Å². The molecule has 1 amide bonds. The predicted octanol–water partition coefficient (Wildman–Crippen LogP) is 2.76. The number of fused-ring (bicyclic) bond motifs is 1. The molecule has 0 unspecified atom stereocenters. The zero-order valence-electron chi connectivity index (χ0n) is 17.2. The smallest absolute Gasteiger partial charge is 0.253 e. The zero-order chi connectivity index (χ0) is 20.6. The lowest BCUT2D eigenvalue weighted by atomic mass is 10.1. The zero-order valence-corrected chi connectivity index (χ0v) is 17.2. The maximum atomic E-state index is 12.4. The summed E-state index contributed by atoms with van der Waals surface area (Å²) in [6, 6.07) is 13.6. The van der Waals surface area contributed by atoms with Crippen LogP contribution in [0.15, 0.2) is 47.5 Å². The van der Waals surface area contributed by atoms with Crippen LogP contribution in [0.5, 0.6) is 11.5 Å². The Labute approximate surface area is 171 Å². The number of rotatable bonds is 7. The minimum atomic E-state index is 0.0655. The first-order valence-electron chi connectivity index (χ1n) is 9.85. The van der Waals surface area contributed by atoms with E-state index in [0.29, 0.717) is 37.7 Å². The number of hydrogen-bond acceptors (Lipinski definition) is 4. The maximum absolute atomic E-state index is 12.4. The summed E-state index contributed by atoms with van der Waals surface area (Å²) in [4.78, 5) is 18.5. The molecular weight excluding hydrogens is 368 g/mol. The highest BCUT2D eigenvalue weighted by atomic mass is 16.7. The third kappa shape index (κ3) is 5.19. The topological polar surface area (TPSA) is 75.2 Å². The summed E-state index contributed by atoms with van der Waals surface area (Å²) in [5.74, 6) is 2.31. The van der Waals surface area contributed by atoms with Gasteiger partial charge in [0.1, 0.15) is 0 Å². The molecule has 29 heavy (non-hydrogen) atoms. The average molecular weight is 396 g/mol. The lowest BCUT2D eigenvalue weighted by Crippen LogP contribution is -2.36. The van der Waals surface area contributed by atoms with Crippen molar-refractivity contribution >= 4 is 11.9 Å². The number of benzene rings is 2. The van der Waals surface area contributed by atoms with Gasteiger partial charge < -0.3 is 25.0 Å². The molecule has 0 atom stereocenters. The van der Waals surface area contributed by atoms with Crippen molar-refractivity contribution in [3.63, 3.8) is 0 Å². The van der Waals surface area contributed by atoms with E-state index in [1.807, 2.05) is 61.2 Å². The van der Waals surface area contributed by atoms with E-state index < -0.39 is 0 Å². The summed E-state index contributed by atoms with van der Waals surface area (Å²) in [6.45, 7) is 6.90. The Kier molecular flexibility index (Phi) is 6.94. The van der Waals surface area contributed by atoms with Gasteiger partial charge in [-0.1, -0.05) is 18.2 Å². The summed E-state index contributed by atoms with van der Waals surface area (Å²) in [5, 5.41) is 6.58. The van der Waals surface area contributed by atoms with Gasteiger partial charge in [-0.05, 0) is 49.2 Å². The minimum absolute atomic E-state index is 0.0655. The number of hydrogen-bond donors (Lipinski definition) is 2. The molecule has 7 nitrogen and oxygen atoms in total. The standard InChI is InChI=1S/C22H28N4O3/c1-4-26(5-2)21(27)18-9-6-16(7-10-18)13-24-22(23-3)25-14-17-8-11-19-20(12-17)29-15-28-19/h6-12H,4-5,13-15H2,1-3H3,(H2,23,24,25). The Morgan fingerprint density at radius 3 is 2.24 bits per heavy atom. The molecule has 1 aliphatic rings. The fourth-order valence-electron chi connectivity index (χ4n) is 3.10. The number of guanidine groups is 1. The number of nitrogens with zero attached hydrogens (tertiary/aromatic N) is 2. The fraction of sp³-hybridized carbons (Fsp3) is 0.364. The molecule has 0 aromatic heterocycles. The largest absolute Gasteiger partial charge is 0.454 e. The van der Waals surface area contributed by atoms with Gasteiger partial charge in [0.05, 0.1) is 0 Å². The van der Waals surface area contributed by atoms with Crippen molar-refractivity contribution in [2.45, 2.75) is 26.9 Å². The molecule has 1 aliphatic heterocycles. The van der Waals surface area contributed by atoms with Crippen molar-refractivity contribution in [2.24, 2.45) is 4.99 Å². The van der Waals surface area contributed by atoms with Crippen LogP contribution in [0, 0.1) is 0 Å². The van der Waals surface area contributed by atoms with Gasteiger partial charge in [0.2, 0.25) is 6.79 Å². The van der Waals surface area contributed by atoms with Crippen molar-refractivity contribution in [1.29, 1.82) is 0 Å². The molecule has 3 rings (SSSR count). The van der Waals surface area contributed by atoms with E-state index in [1.165, 1.54) is 0 Å². The van der Waals surface area contributed by atoms with Crippen LogP contribution in [0.3, 0.4) is 0 Å². The van der Waals surface area contributed by atoms with Crippen molar-refractivity contribution < 1.29 is 14.3 Å². The second kappa shape index (κ2) is 9.82. The molecule has 0 aliphatic carbocycles. The maximum Gasteiger partial charge on any atom is 0.253 e. The number of carbonyl (C=O) groups is 1. The van der Waals surface area contributed by atoms with E-state index >= 15 is 0 Å². The third-order valence-corrected chi connectivity index (χ3v) is 4.83. The van der Waals surface area contributed by atoms with Crippen LogP contribution in [0.25, 0.3) is 0 Å². The van der Waals surface area contributed by atoms with E-state index in [-0.39, 0.29) is 12.7 Å². The number of aliphatic imine (C=N–C) groups is 1. The summed E-state index contributed by atoms with van der Waals surface area (Å²) in [5.41, 5.74) is 2.87. The molecule has 0 radical (unpaired) electrons. The monoisotopic (exact) mass is 396 g/mol. The summed E-state index contributed by atoms with van der Waals surface area (Å²) in [6.07, 6.45) is 0. The number of amides is 1. The predicted molar refractivity (Wildman–Crippen MR) is 113 cm³/mol. The van der Waals surface area contributed by atoms with Gasteiger partial charge in [0.15, 0.2) is 17.5 Å². The minimum Gasteiger partial charge on any atom is -0.454 e. The van der Waals surface area contributed by atoms with Gasteiger partial charge in [-0.15, -0.1) is 0 Å². The van der Waals surface area contributed by atoms with Crippen LogP contribution in [0.1, 0.15) is 35.3 Å². The first kappa shape index (κ1) is 20.5. The molecule has 0 saturated heterocycles. The number of nitrogens with one attached hydrogen (secondary N) is 2. The van der Waals surface area contributed by atoms with Gasteiger partial charge in [0, 0.05) is 38.8 Å². The molecule has 2 aromatic carbocycles. The highest BCUT2D eigenvalue weighted by Gasteiger charge is 2.14. The average Bonchev–Trinajstić information content (AvgIpc) is 3.23. The molecular formula is C22H28N4O3. The van der Waals surface area contributed by atoms with E-state index in [2.05, 4.69) is 15.6 Å². The summed E-state index contributed by atoms with van der Waals surface area (Å²) >= 11 is 0. The molecule has 0 fully saturated rings. The normalized spacial score (nSPS) is 12.6. The quantitative estimate of drug-likeness (QED) is 0.556. The summed E-state index contributed by atoms with van der Waals surface area (Å²) < 4.78 is 10.7. The van der Waals surface area contributed by atoms with Gasteiger partial charge in [0.25, 0.3) is 5.91 Å². The lowest BCUT2D eigenvalue weighted by Gasteiger charge is -2.18. The molecule has 2 N–H and O–H groups in total. The van der Waals surface area contributed by atoms with Gasteiger partial charge in [-0.2, -0.15) is 0 Å². The fourth-order valence-corrected chi connectivity index (χ4v) is 3.10. The van der Waals surface area contributed by atoms with E-state index in [0.717, 1.165) is 22.6 Å². The Balaban J connectivity index is 1.51. The van der Waals surface area contributed by atoms with Crippen LogP contribution in [0.2, 0.25) is 0 Å². The Bertz CT molecular complexity index is 861. The van der Waals surface area contributed by atoms with Crippen molar-refractivity contribution in [1.82, 2.24) is 15.5 Å². The van der Waals surface area contributed by atoms with E-state index in [1.54, 1.807) is 7.05 Å². The number of carbonyl (C=O) groups excluding carboxylic acids is 1. The van der Waals surface area contributed by atoms with Crippen LogP contribution in [-0.2, 0) is 13.1 Å². The van der Waals surface area contributed by atoms with Crippen molar-refractivity contribution in [3.05, 3.63) is 59.2 Å².